The van der Waals surface area contributed by atoms with E-state index in [2.05, 4.69) is 0 Å². The molecular formula is C12H24O4S. The summed E-state index contributed by atoms with van der Waals surface area (Å²) >= 11 is 0. The van der Waals surface area contributed by atoms with Crippen LogP contribution in [-0.2, 0) is 19.0 Å². The summed E-state index contributed by atoms with van der Waals surface area (Å²) in [5, 5.41) is -0.482. The number of ether oxygens (including phenoxy) is 1. The third kappa shape index (κ3) is 5.36. The molecule has 4 nitrogen and oxygen atoms in total. The molecule has 0 aromatic rings. The summed E-state index contributed by atoms with van der Waals surface area (Å²) < 4.78 is 34.3. The zero-order valence-corrected chi connectivity index (χ0v) is 12.4. The summed E-state index contributed by atoms with van der Waals surface area (Å²) in [6.45, 7) is 11.8. The second-order valence-electron chi connectivity index (χ2n) is 6.86. The highest BCUT2D eigenvalue weighted by molar-refractivity contribution is 7.87. The first-order valence-corrected chi connectivity index (χ1v) is 7.44. The molecule has 1 fully saturated rings. The summed E-state index contributed by atoms with van der Waals surface area (Å²) in [4.78, 5) is 0. The monoisotopic (exact) mass is 264 g/mol. The third-order valence-electron chi connectivity index (χ3n) is 2.21. The van der Waals surface area contributed by atoms with Gasteiger partial charge in [-0.15, -0.1) is 0 Å². The van der Waals surface area contributed by atoms with Gasteiger partial charge in [0.25, 0.3) is 10.1 Å². The van der Waals surface area contributed by atoms with E-state index >= 15 is 0 Å². The molecule has 0 saturated heterocycles. The van der Waals surface area contributed by atoms with E-state index in [-0.39, 0.29) is 23.7 Å². The van der Waals surface area contributed by atoms with Gasteiger partial charge in [-0.05, 0) is 32.6 Å². The van der Waals surface area contributed by atoms with Crippen LogP contribution >= 0.6 is 0 Å². The predicted molar refractivity (Wildman–Crippen MR) is 67.4 cm³/mol. The SMILES string of the molecule is CC(C)(C)COS(=O)(=O)[C@H]1C[C@@H]1OC(C)(C)C. The molecule has 0 N–H and O–H groups in total. The molecule has 0 aliphatic heterocycles. The lowest BCUT2D eigenvalue weighted by atomic mass is 9.99. The Hall–Kier alpha value is -0.130. The van der Waals surface area contributed by atoms with Crippen LogP contribution in [0.2, 0.25) is 0 Å². The minimum absolute atomic E-state index is 0.150. The molecule has 0 spiro atoms. The van der Waals surface area contributed by atoms with E-state index < -0.39 is 15.4 Å². The average Bonchev–Trinajstić information content (AvgIpc) is 2.76. The van der Waals surface area contributed by atoms with Crippen molar-refractivity contribution in [3.05, 3.63) is 0 Å². The maximum Gasteiger partial charge on any atom is 0.272 e. The first kappa shape index (κ1) is 14.9. The Morgan fingerprint density at radius 1 is 1.12 bits per heavy atom. The lowest BCUT2D eigenvalue weighted by molar-refractivity contribution is -0.0150. The first-order valence-electron chi connectivity index (χ1n) is 5.97. The lowest BCUT2D eigenvalue weighted by Gasteiger charge is -2.20. The van der Waals surface area contributed by atoms with Crippen LogP contribution in [0.15, 0.2) is 0 Å². The van der Waals surface area contributed by atoms with Crippen LogP contribution in [-0.4, -0.2) is 32.0 Å². The van der Waals surface area contributed by atoms with Crippen LogP contribution < -0.4 is 0 Å². The Morgan fingerprint density at radius 2 is 1.65 bits per heavy atom. The molecule has 0 amide bonds. The quantitative estimate of drug-likeness (QED) is 0.731. The number of rotatable bonds is 4. The van der Waals surface area contributed by atoms with Crippen molar-refractivity contribution in [2.24, 2.45) is 5.41 Å². The van der Waals surface area contributed by atoms with Crippen molar-refractivity contribution in [2.75, 3.05) is 6.61 Å². The van der Waals surface area contributed by atoms with Crippen LogP contribution in [0.1, 0.15) is 48.0 Å². The minimum Gasteiger partial charge on any atom is -0.371 e. The van der Waals surface area contributed by atoms with E-state index in [0.29, 0.717) is 6.42 Å². The molecular weight excluding hydrogens is 240 g/mol. The third-order valence-corrected chi connectivity index (χ3v) is 3.89. The van der Waals surface area contributed by atoms with Gasteiger partial charge in [-0.25, -0.2) is 0 Å². The highest BCUT2D eigenvalue weighted by Crippen LogP contribution is 2.37. The van der Waals surface area contributed by atoms with Crippen molar-refractivity contribution in [3.8, 4) is 0 Å². The summed E-state index contributed by atoms with van der Waals surface area (Å²) in [5.74, 6) is 0. The summed E-state index contributed by atoms with van der Waals surface area (Å²) in [6, 6.07) is 0. The number of hydrogen-bond acceptors (Lipinski definition) is 4. The maximum atomic E-state index is 11.8. The van der Waals surface area contributed by atoms with E-state index in [1.807, 2.05) is 41.5 Å². The average molecular weight is 264 g/mol. The Labute approximate surface area is 105 Å². The van der Waals surface area contributed by atoms with Gasteiger partial charge in [0.05, 0.1) is 18.3 Å². The van der Waals surface area contributed by atoms with Crippen LogP contribution in [0.4, 0.5) is 0 Å². The largest absolute Gasteiger partial charge is 0.371 e. The molecule has 1 rings (SSSR count). The molecule has 0 radical (unpaired) electrons. The molecule has 17 heavy (non-hydrogen) atoms. The number of hydrogen-bond donors (Lipinski definition) is 0. The second kappa shape index (κ2) is 4.52. The fraction of sp³-hybridized carbons (Fsp3) is 1.00. The molecule has 0 unspecified atom stereocenters. The van der Waals surface area contributed by atoms with E-state index in [1.165, 1.54) is 0 Å². The van der Waals surface area contributed by atoms with Gasteiger partial charge in [-0.3, -0.25) is 4.18 Å². The molecule has 0 bridgehead atoms. The van der Waals surface area contributed by atoms with Crippen molar-refractivity contribution < 1.29 is 17.3 Å². The van der Waals surface area contributed by atoms with E-state index in [9.17, 15) is 8.42 Å². The molecule has 5 heteroatoms. The van der Waals surface area contributed by atoms with Gasteiger partial charge in [0, 0.05) is 0 Å². The Kier molecular flexibility index (Phi) is 3.97. The van der Waals surface area contributed by atoms with E-state index in [4.69, 9.17) is 8.92 Å². The van der Waals surface area contributed by atoms with Crippen molar-refractivity contribution in [1.82, 2.24) is 0 Å². The van der Waals surface area contributed by atoms with Gasteiger partial charge in [-0.2, -0.15) is 8.42 Å². The van der Waals surface area contributed by atoms with Gasteiger partial charge >= 0.3 is 0 Å². The molecule has 0 heterocycles. The summed E-state index contributed by atoms with van der Waals surface area (Å²) in [5.41, 5.74) is -0.457. The highest BCUT2D eigenvalue weighted by Gasteiger charge is 2.51. The molecule has 2 atom stereocenters. The van der Waals surface area contributed by atoms with Crippen molar-refractivity contribution in [3.63, 3.8) is 0 Å². The van der Waals surface area contributed by atoms with Crippen molar-refractivity contribution >= 4 is 10.1 Å². The van der Waals surface area contributed by atoms with Crippen molar-refractivity contribution in [1.29, 1.82) is 0 Å². The topological polar surface area (TPSA) is 52.6 Å². The molecule has 1 saturated carbocycles. The molecule has 102 valence electrons. The summed E-state index contributed by atoms with van der Waals surface area (Å²) in [6.07, 6.45) is 0.337. The van der Waals surface area contributed by atoms with Gasteiger partial charge in [0.1, 0.15) is 5.25 Å². The van der Waals surface area contributed by atoms with Crippen LogP contribution in [0.3, 0.4) is 0 Å². The van der Waals surface area contributed by atoms with Crippen LogP contribution in [0, 0.1) is 5.41 Å². The standard InChI is InChI=1S/C12H24O4S/c1-11(2,3)8-15-17(13,14)10-7-9(10)16-12(4,5)6/h9-10H,7-8H2,1-6H3/t9-,10-/m0/s1. The summed E-state index contributed by atoms with van der Waals surface area (Å²) in [7, 11) is -3.47. The smallest absolute Gasteiger partial charge is 0.272 e. The van der Waals surface area contributed by atoms with Gasteiger partial charge in [0.15, 0.2) is 0 Å². The van der Waals surface area contributed by atoms with Gasteiger partial charge in [0.2, 0.25) is 0 Å². The first-order chi connectivity index (χ1) is 7.41. The fourth-order valence-electron chi connectivity index (χ4n) is 1.38. The fourth-order valence-corrected chi connectivity index (χ4v) is 2.92. The van der Waals surface area contributed by atoms with Crippen LogP contribution in [0.25, 0.3) is 0 Å². The Morgan fingerprint density at radius 3 is 2.06 bits per heavy atom. The molecule has 0 aromatic heterocycles. The Bertz CT molecular complexity index is 359. The van der Waals surface area contributed by atoms with E-state index in [1.54, 1.807) is 0 Å². The zero-order valence-electron chi connectivity index (χ0n) is 11.6. The van der Waals surface area contributed by atoms with Crippen LogP contribution in [0.5, 0.6) is 0 Å². The lowest BCUT2D eigenvalue weighted by Crippen LogP contribution is -2.26. The molecule has 1 aliphatic carbocycles. The molecule has 0 aromatic carbocycles. The normalized spacial score (nSPS) is 26.0. The zero-order chi connectivity index (χ0) is 13.5. The highest BCUT2D eigenvalue weighted by atomic mass is 32.2. The maximum absolute atomic E-state index is 11.8. The minimum atomic E-state index is -3.47. The van der Waals surface area contributed by atoms with Crippen molar-refractivity contribution in [2.45, 2.75) is 64.9 Å². The predicted octanol–water partition coefficient (Wildman–Crippen LogP) is 2.33. The molecule has 1 aliphatic rings. The second-order valence-corrected chi connectivity index (χ2v) is 8.69. The van der Waals surface area contributed by atoms with E-state index in [0.717, 1.165) is 0 Å². The van der Waals surface area contributed by atoms with Gasteiger partial charge in [-0.1, -0.05) is 20.8 Å². The van der Waals surface area contributed by atoms with Gasteiger partial charge < -0.3 is 4.74 Å². The Balaban J connectivity index is 2.47.